The van der Waals surface area contributed by atoms with Gasteiger partial charge < -0.3 is 5.32 Å². The summed E-state index contributed by atoms with van der Waals surface area (Å²) in [5, 5.41) is 12.0. The summed E-state index contributed by atoms with van der Waals surface area (Å²) < 4.78 is 0. The monoisotopic (exact) mass is 350 g/mol. The average Bonchev–Trinajstić information content (AvgIpc) is 2.65. The third-order valence-corrected chi connectivity index (χ3v) is 4.72. The Kier molecular flexibility index (Phi) is 5.40. The summed E-state index contributed by atoms with van der Waals surface area (Å²) >= 11 is 1.36. The number of anilines is 1. The first-order valence-corrected chi connectivity index (χ1v) is 8.86. The van der Waals surface area contributed by atoms with Crippen LogP contribution in [0.1, 0.15) is 11.1 Å². The van der Waals surface area contributed by atoms with Crippen molar-refractivity contribution < 1.29 is 4.79 Å². The molecule has 126 valence electrons. The van der Waals surface area contributed by atoms with E-state index < -0.39 is 0 Å². The van der Waals surface area contributed by atoms with Crippen LogP contribution in [-0.4, -0.2) is 26.8 Å². The van der Waals surface area contributed by atoms with Crippen LogP contribution in [0.3, 0.4) is 0 Å². The zero-order valence-corrected chi connectivity index (χ0v) is 14.9. The Bertz CT molecular complexity index is 866. The van der Waals surface area contributed by atoms with Crippen molar-refractivity contribution in [2.45, 2.75) is 18.9 Å². The van der Waals surface area contributed by atoms with Gasteiger partial charge in [0.15, 0.2) is 0 Å². The first-order chi connectivity index (χ1) is 12.1. The van der Waals surface area contributed by atoms with E-state index in [2.05, 4.69) is 20.5 Å². The number of carbonyl (C=O) groups is 1. The van der Waals surface area contributed by atoms with Crippen molar-refractivity contribution >= 4 is 23.4 Å². The van der Waals surface area contributed by atoms with E-state index in [1.165, 1.54) is 11.8 Å². The van der Waals surface area contributed by atoms with E-state index in [1.807, 2.05) is 62.4 Å². The summed E-state index contributed by atoms with van der Waals surface area (Å²) in [4.78, 5) is 16.4. The highest BCUT2D eigenvalue weighted by Crippen LogP contribution is 2.20. The number of aromatic nitrogens is 3. The minimum atomic E-state index is -0.0608. The third-order valence-electron chi connectivity index (χ3n) is 3.80. The predicted octanol–water partition coefficient (Wildman–Crippen LogP) is 3.89. The number of carbonyl (C=O) groups excluding carboxylic acids is 1. The van der Waals surface area contributed by atoms with Gasteiger partial charge in [0, 0.05) is 11.9 Å². The molecule has 25 heavy (non-hydrogen) atoms. The second kappa shape index (κ2) is 7.90. The summed E-state index contributed by atoms with van der Waals surface area (Å²) in [7, 11) is 0. The number of thioether (sulfide) groups is 1. The Morgan fingerprint density at radius 1 is 1.00 bits per heavy atom. The molecule has 0 saturated heterocycles. The van der Waals surface area contributed by atoms with Crippen LogP contribution in [-0.2, 0) is 4.79 Å². The van der Waals surface area contributed by atoms with E-state index in [0.29, 0.717) is 10.7 Å². The predicted molar refractivity (Wildman–Crippen MR) is 101 cm³/mol. The van der Waals surface area contributed by atoms with E-state index in [9.17, 15) is 4.79 Å². The van der Waals surface area contributed by atoms with Crippen molar-refractivity contribution in [3.05, 3.63) is 65.9 Å². The molecule has 2 heterocycles. The number of nitrogens with zero attached hydrogens (tertiary/aromatic N) is 3. The number of hydrogen-bond donors (Lipinski definition) is 1. The summed E-state index contributed by atoms with van der Waals surface area (Å²) in [5.41, 5.74) is 4.58. The normalized spacial score (nSPS) is 10.5. The molecule has 0 saturated carbocycles. The molecule has 1 amide bonds. The van der Waals surface area contributed by atoms with Gasteiger partial charge in [-0.25, -0.2) is 0 Å². The Morgan fingerprint density at radius 3 is 2.60 bits per heavy atom. The number of benzene rings is 1. The molecular weight excluding hydrogens is 332 g/mol. The molecule has 3 rings (SSSR count). The fraction of sp³-hybridized carbons (Fsp3) is 0.158. The van der Waals surface area contributed by atoms with Crippen LogP contribution < -0.4 is 5.32 Å². The van der Waals surface area contributed by atoms with Crippen molar-refractivity contribution in [1.29, 1.82) is 0 Å². The topological polar surface area (TPSA) is 67.8 Å². The minimum absolute atomic E-state index is 0.0608. The third kappa shape index (κ3) is 4.42. The maximum absolute atomic E-state index is 12.1. The lowest BCUT2D eigenvalue weighted by Crippen LogP contribution is -2.15. The second-order valence-electron chi connectivity index (χ2n) is 5.56. The Labute approximate surface area is 150 Å². The standard InChI is InChI=1S/C19H18N4OS/c1-13-6-5-8-15(14(13)2)21-18(24)12-25-19-10-9-17(22-23-19)16-7-3-4-11-20-16/h3-11H,12H2,1-2H3,(H,21,24). The van der Waals surface area contributed by atoms with Crippen molar-refractivity contribution in [3.63, 3.8) is 0 Å². The zero-order valence-electron chi connectivity index (χ0n) is 14.1. The van der Waals surface area contributed by atoms with Crippen molar-refractivity contribution in [2.24, 2.45) is 0 Å². The summed E-state index contributed by atoms with van der Waals surface area (Å²) in [6, 6.07) is 15.2. The number of nitrogens with one attached hydrogen (secondary N) is 1. The van der Waals surface area contributed by atoms with Gasteiger partial charge in [0.05, 0.1) is 11.4 Å². The highest BCUT2D eigenvalue weighted by atomic mass is 32.2. The Hall–Kier alpha value is -2.73. The maximum atomic E-state index is 12.1. The summed E-state index contributed by atoms with van der Waals surface area (Å²) in [5.74, 6) is 0.222. The van der Waals surface area contributed by atoms with Crippen molar-refractivity contribution in [2.75, 3.05) is 11.1 Å². The lowest BCUT2D eigenvalue weighted by molar-refractivity contribution is -0.113. The molecule has 0 atom stereocenters. The molecular formula is C19H18N4OS. The molecule has 0 bridgehead atoms. The van der Waals surface area contributed by atoms with Crippen molar-refractivity contribution in [1.82, 2.24) is 15.2 Å². The molecule has 6 heteroatoms. The van der Waals surface area contributed by atoms with E-state index in [0.717, 1.165) is 22.5 Å². The SMILES string of the molecule is Cc1cccc(NC(=O)CSc2ccc(-c3ccccn3)nn2)c1C. The van der Waals surface area contributed by atoms with Gasteiger partial charge in [0.1, 0.15) is 10.7 Å². The van der Waals surface area contributed by atoms with Gasteiger partial charge in [0.25, 0.3) is 0 Å². The number of rotatable bonds is 5. The highest BCUT2D eigenvalue weighted by molar-refractivity contribution is 7.99. The summed E-state index contributed by atoms with van der Waals surface area (Å²) in [6.07, 6.45) is 1.72. The van der Waals surface area contributed by atoms with E-state index in [1.54, 1.807) is 6.20 Å². The maximum Gasteiger partial charge on any atom is 0.234 e. The molecule has 2 aromatic heterocycles. The number of hydrogen-bond acceptors (Lipinski definition) is 5. The van der Waals surface area contributed by atoms with E-state index in [-0.39, 0.29) is 11.7 Å². The molecule has 0 radical (unpaired) electrons. The molecule has 1 N–H and O–H groups in total. The average molecular weight is 350 g/mol. The van der Waals surface area contributed by atoms with Gasteiger partial charge in [-0.2, -0.15) is 0 Å². The van der Waals surface area contributed by atoms with Crippen LogP contribution in [0.2, 0.25) is 0 Å². The van der Waals surface area contributed by atoms with Crippen LogP contribution in [0.15, 0.2) is 59.8 Å². The fourth-order valence-electron chi connectivity index (χ4n) is 2.26. The Morgan fingerprint density at radius 2 is 1.88 bits per heavy atom. The lowest BCUT2D eigenvalue weighted by Gasteiger charge is -2.10. The molecule has 5 nitrogen and oxygen atoms in total. The van der Waals surface area contributed by atoms with Crippen LogP contribution in [0.5, 0.6) is 0 Å². The van der Waals surface area contributed by atoms with Crippen LogP contribution in [0, 0.1) is 13.8 Å². The van der Waals surface area contributed by atoms with Crippen LogP contribution in [0.25, 0.3) is 11.4 Å². The minimum Gasteiger partial charge on any atom is -0.325 e. The number of amides is 1. The van der Waals surface area contributed by atoms with Gasteiger partial charge in [-0.1, -0.05) is 30.0 Å². The largest absolute Gasteiger partial charge is 0.325 e. The van der Waals surface area contributed by atoms with Gasteiger partial charge in [-0.3, -0.25) is 9.78 Å². The Balaban J connectivity index is 1.58. The zero-order chi connectivity index (χ0) is 17.6. The van der Waals surface area contributed by atoms with Gasteiger partial charge in [-0.05, 0) is 55.3 Å². The quantitative estimate of drug-likeness (QED) is 0.707. The van der Waals surface area contributed by atoms with E-state index in [4.69, 9.17) is 0 Å². The smallest absolute Gasteiger partial charge is 0.234 e. The second-order valence-corrected chi connectivity index (χ2v) is 6.55. The fourth-order valence-corrected chi connectivity index (χ4v) is 2.87. The number of pyridine rings is 1. The van der Waals surface area contributed by atoms with Crippen molar-refractivity contribution in [3.8, 4) is 11.4 Å². The van der Waals surface area contributed by atoms with Gasteiger partial charge >= 0.3 is 0 Å². The molecule has 0 fully saturated rings. The van der Waals surface area contributed by atoms with Crippen LogP contribution >= 0.6 is 11.8 Å². The van der Waals surface area contributed by atoms with Crippen LogP contribution in [0.4, 0.5) is 5.69 Å². The first kappa shape index (κ1) is 17.1. The molecule has 0 aliphatic carbocycles. The summed E-state index contributed by atoms with van der Waals surface area (Å²) in [6.45, 7) is 4.03. The molecule has 1 aromatic carbocycles. The molecule has 0 aliphatic rings. The first-order valence-electron chi connectivity index (χ1n) is 7.87. The highest BCUT2D eigenvalue weighted by Gasteiger charge is 2.08. The molecule has 0 unspecified atom stereocenters. The lowest BCUT2D eigenvalue weighted by atomic mass is 10.1. The van der Waals surface area contributed by atoms with Gasteiger partial charge in [0.2, 0.25) is 5.91 Å². The molecule has 0 spiro atoms. The molecule has 0 aliphatic heterocycles. The van der Waals surface area contributed by atoms with Gasteiger partial charge in [-0.15, -0.1) is 10.2 Å². The van der Waals surface area contributed by atoms with E-state index >= 15 is 0 Å². The molecule has 3 aromatic rings. The number of aryl methyl sites for hydroxylation is 1.